The Kier molecular flexibility index (Phi) is 2.96. The molecule has 3 heteroatoms. The van der Waals surface area contributed by atoms with Crippen LogP contribution in [0, 0.1) is 11.3 Å². The van der Waals surface area contributed by atoms with Crippen LogP contribution >= 0.6 is 0 Å². The van der Waals surface area contributed by atoms with Crippen molar-refractivity contribution in [3.63, 3.8) is 0 Å². The van der Waals surface area contributed by atoms with Crippen molar-refractivity contribution in [1.82, 2.24) is 0 Å². The molecule has 16 heavy (non-hydrogen) atoms. The Hall–Kier alpha value is -0.990. The van der Waals surface area contributed by atoms with Crippen LogP contribution in [0.25, 0.3) is 0 Å². The van der Waals surface area contributed by atoms with Crippen molar-refractivity contribution >= 4 is 17.3 Å². The molecule has 0 N–H and O–H groups in total. The Morgan fingerprint density at radius 3 is 2.50 bits per heavy atom. The summed E-state index contributed by atoms with van der Waals surface area (Å²) in [5.41, 5.74) is -0.801. The molecule has 88 valence electrons. The van der Waals surface area contributed by atoms with Crippen molar-refractivity contribution in [2.24, 2.45) is 11.3 Å². The van der Waals surface area contributed by atoms with Gasteiger partial charge >= 0.3 is 0 Å². The third-order valence-corrected chi connectivity index (χ3v) is 4.29. The van der Waals surface area contributed by atoms with Crippen molar-refractivity contribution in [3.05, 3.63) is 0 Å². The monoisotopic (exact) mass is 222 g/mol. The maximum absolute atomic E-state index is 12.1. The minimum absolute atomic E-state index is 0.00898. The Labute approximate surface area is 95.6 Å². The molecule has 2 fully saturated rings. The molecule has 2 aliphatic carbocycles. The molecule has 2 aliphatic rings. The molecular formula is C13H18O3. The van der Waals surface area contributed by atoms with Crippen LogP contribution in [0.5, 0.6) is 0 Å². The van der Waals surface area contributed by atoms with Crippen LogP contribution in [-0.4, -0.2) is 17.3 Å². The van der Waals surface area contributed by atoms with E-state index in [1.165, 1.54) is 6.92 Å². The van der Waals surface area contributed by atoms with Crippen LogP contribution in [0.2, 0.25) is 0 Å². The van der Waals surface area contributed by atoms with Gasteiger partial charge in [-0.15, -0.1) is 0 Å². The van der Waals surface area contributed by atoms with Gasteiger partial charge < -0.3 is 0 Å². The van der Waals surface area contributed by atoms with E-state index >= 15 is 0 Å². The molecule has 2 atom stereocenters. The van der Waals surface area contributed by atoms with Gasteiger partial charge in [0.1, 0.15) is 17.3 Å². The number of carbonyl (C=O) groups excluding carboxylic acids is 3. The van der Waals surface area contributed by atoms with Crippen molar-refractivity contribution in [1.29, 1.82) is 0 Å². The molecule has 2 saturated carbocycles. The van der Waals surface area contributed by atoms with Gasteiger partial charge in [-0.3, -0.25) is 14.4 Å². The lowest BCUT2D eigenvalue weighted by molar-refractivity contribution is -0.146. The van der Waals surface area contributed by atoms with Gasteiger partial charge in [0.25, 0.3) is 0 Å². The Bertz CT molecular complexity index is 345. The smallest absolute Gasteiger partial charge is 0.146 e. The first-order valence-electron chi connectivity index (χ1n) is 6.13. The summed E-state index contributed by atoms with van der Waals surface area (Å²) < 4.78 is 0. The molecule has 2 rings (SSSR count). The van der Waals surface area contributed by atoms with Crippen LogP contribution in [0.15, 0.2) is 0 Å². The summed E-state index contributed by atoms with van der Waals surface area (Å²) in [6, 6.07) is 0. The van der Waals surface area contributed by atoms with E-state index in [1.54, 1.807) is 0 Å². The van der Waals surface area contributed by atoms with Gasteiger partial charge in [0.05, 0.1) is 5.41 Å². The first-order valence-corrected chi connectivity index (χ1v) is 6.13. The second-order valence-electron chi connectivity index (χ2n) is 5.14. The maximum atomic E-state index is 12.1. The average molecular weight is 222 g/mol. The maximum Gasteiger partial charge on any atom is 0.146 e. The molecule has 0 aliphatic heterocycles. The van der Waals surface area contributed by atoms with Crippen molar-refractivity contribution in [2.45, 2.75) is 51.9 Å². The van der Waals surface area contributed by atoms with Gasteiger partial charge in [-0.05, 0) is 32.1 Å². The summed E-state index contributed by atoms with van der Waals surface area (Å²) in [5, 5.41) is 0. The highest BCUT2D eigenvalue weighted by Gasteiger charge is 2.51. The zero-order chi connectivity index (χ0) is 11.8. The van der Waals surface area contributed by atoms with Crippen molar-refractivity contribution < 1.29 is 14.4 Å². The van der Waals surface area contributed by atoms with E-state index < -0.39 is 5.41 Å². The number of ketones is 3. The molecular weight excluding hydrogens is 204 g/mol. The fourth-order valence-corrected chi connectivity index (χ4v) is 3.38. The van der Waals surface area contributed by atoms with Gasteiger partial charge in [-0.2, -0.15) is 0 Å². The standard InChI is InChI=1S/C13H18O3/c1-9(14)13(7-3-2-4-12(13)16)10-5-6-11(15)8-10/h10H,2-8H2,1H3. The zero-order valence-corrected chi connectivity index (χ0v) is 9.75. The first-order chi connectivity index (χ1) is 7.57. The van der Waals surface area contributed by atoms with Crippen molar-refractivity contribution in [3.8, 4) is 0 Å². The highest BCUT2D eigenvalue weighted by Crippen LogP contribution is 2.46. The normalized spacial score (nSPS) is 35.4. The summed E-state index contributed by atoms with van der Waals surface area (Å²) in [4.78, 5) is 35.4. The Morgan fingerprint density at radius 2 is 2.00 bits per heavy atom. The predicted octanol–water partition coefficient (Wildman–Crippen LogP) is 2.07. The molecule has 0 radical (unpaired) electrons. The largest absolute Gasteiger partial charge is 0.300 e. The highest BCUT2D eigenvalue weighted by atomic mass is 16.2. The highest BCUT2D eigenvalue weighted by molar-refractivity contribution is 6.07. The van der Waals surface area contributed by atoms with Crippen molar-refractivity contribution in [2.75, 3.05) is 0 Å². The number of Topliss-reactive ketones (excluding diaryl/α,β-unsaturated/α-hetero) is 3. The number of hydrogen-bond donors (Lipinski definition) is 0. The fourth-order valence-electron chi connectivity index (χ4n) is 3.38. The second-order valence-corrected chi connectivity index (χ2v) is 5.14. The van der Waals surface area contributed by atoms with Crippen LogP contribution in [0.1, 0.15) is 51.9 Å². The van der Waals surface area contributed by atoms with Crippen LogP contribution in [-0.2, 0) is 14.4 Å². The van der Waals surface area contributed by atoms with Gasteiger partial charge in [0.15, 0.2) is 0 Å². The van der Waals surface area contributed by atoms with Crippen LogP contribution < -0.4 is 0 Å². The topological polar surface area (TPSA) is 51.2 Å². The average Bonchev–Trinajstić information content (AvgIpc) is 2.65. The minimum atomic E-state index is -0.801. The SMILES string of the molecule is CC(=O)C1(C2CCC(=O)C2)CCCCC1=O. The fraction of sp³-hybridized carbons (Fsp3) is 0.769. The van der Waals surface area contributed by atoms with Crippen LogP contribution in [0.4, 0.5) is 0 Å². The molecule has 0 aromatic heterocycles. The van der Waals surface area contributed by atoms with Crippen LogP contribution in [0.3, 0.4) is 0 Å². The van der Waals surface area contributed by atoms with E-state index in [9.17, 15) is 14.4 Å². The molecule has 0 bridgehead atoms. The van der Waals surface area contributed by atoms with Gasteiger partial charge in [0, 0.05) is 19.3 Å². The minimum Gasteiger partial charge on any atom is -0.300 e. The molecule has 0 aromatic carbocycles. The third-order valence-electron chi connectivity index (χ3n) is 4.29. The summed E-state index contributed by atoms with van der Waals surface area (Å²) in [5.74, 6) is 0.275. The second kappa shape index (κ2) is 4.11. The van der Waals surface area contributed by atoms with Gasteiger partial charge in [0.2, 0.25) is 0 Å². The molecule has 3 nitrogen and oxygen atoms in total. The molecule has 0 aromatic rings. The lowest BCUT2D eigenvalue weighted by Crippen LogP contribution is -2.46. The Balaban J connectivity index is 2.30. The molecule has 0 amide bonds. The van der Waals surface area contributed by atoms with E-state index in [-0.39, 0.29) is 23.3 Å². The molecule has 2 unspecified atom stereocenters. The Morgan fingerprint density at radius 1 is 1.25 bits per heavy atom. The van der Waals surface area contributed by atoms with Gasteiger partial charge in [-0.1, -0.05) is 6.42 Å². The summed E-state index contributed by atoms with van der Waals surface area (Å²) in [6.07, 6.45) is 4.73. The number of carbonyl (C=O) groups is 3. The van der Waals surface area contributed by atoms with Gasteiger partial charge in [-0.25, -0.2) is 0 Å². The lowest BCUT2D eigenvalue weighted by Gasteiger charge is -2.38. The third kappa shape index (κ3) is 1.62. The van der Waals surface area contributed by atoms with E-state index in [0.717, 1.165) is 19.3 Å². The van der Waals surface area contributed by atoms with E-state index in [1.807, 2.05) is 0 Å². The molecule has 0 saturated heterocycles. The van der Waals surface area contributed by atoms with E-state index in [0.29, 0.717) is 25.7 Å². The van der Waals surface area contributed by atoms with E-state index in [2.05, 4.69) is 0 Å². The summed E-state index contributed by atoms with van der Waals surface area (Å²) in [6.45, 7) is 1.52. The molecule has 0 spiro atoms. The summed E-state index contributed by atoms with van der Waals surface area (Å²) >= 11 is 0. The lowest BCUT2D eigenvalue weighted by atomic mass is 9.62. The quantitative estimate of drug-likeness (QED) is 0.672. The first kappa shape index (κ1) is 11.5. The number of hydrogen-bond acceptors (Lipinski definition) is 3. The van der Waals surface area contributed by atoms with E-state index in [4.69, 9.17) is 0 Å². The summed E-state index contributed by atoms with van der Waals surface area (Å²) in [7, 11) is 0. The number of rotatable bonds is 2. The molecule has 0 heterocycles. The zero-order valence-electron chi connectivity index (χ0n) is 9.75. The predicted molar refractivity (Wildman–Crippen MR) is 58.9 cm³/mol.